The first-order valence-corrected chi connectivity index (χ1v) is 4.48. The fourth-order valence-corrected chi connectivity index (χ4v) is 1.09. The van der Waals surface area contributed by atoms with E-state index in [4.69, 9.17) is 5.11 Å². The SMILES string of the molecule is CC(NC(=O)c1c(O)cccc1O)C(=O)O. The van der Waals surface area contributed by atoms with Crippen molar-refractivity contribution in [3.05, 3.63) is 23.8 Å². The molecule has 0 bridgehead atoms. The standard InChI is InChI=1S/C10H11NO5/c1-5(10(15)16)11-9(14)8-6(12)3-2-4-7(8)13/h2-5,12-13H,1H3,(H,11,14)(H,15,16). The number of nitrogens with one attached hydrogen (secondary N) is 1. The second-order valence-corrected chi connectivity index (χ2v) is 3.20. The summed E-state index contributed by atoms with van der Waals surface area (Å²) >= 11 is 0. The molecular weight excluding hydrogens is 214 g/mol. The van der Waals surface area contributed by atoms with E-state index >= 15 is 0 Å². The molecule has 1 atom stereocenters. The summed E-state index contributed by atoms with van der Waals surface area (Å²) in [6, 6.07) is 2.70. The third kappa shape index (κ3) is 2.41. The number of carbonyl (C=O) groups excluding carboxylic acids is 1. The predicted molar refractivity (Wildman–Crippen MR) is 54.3 cm³/mol. The summed E-state index contributed by atoms with van der Waals surface area (Å²) in [5.74, 6) is -2.86. The number of benzene rings is 1. The Bertz CT molecular complexity index is 409. The number of phenols is 2. The lowest BCUT2D eigenvalue weighted by Crippen LogP contribution is -2.38. The van der Waals surface area contributed by atoms with Crippen LogP contribution in [-0.2, 0) is 4.79 Å². The Hall–Kier alpha value is -2.24. The van der Waals surface area contributed by atoms with Crippen LogP contribution < -0.4 is 5.32 Å². The van der Waals surface area contributed by atoms with E-state index in [1.165, 1.54) is 25.1 Å². The molecule has 16 heavy (non-hydrogen) atoms. The molecule has 1 unspecified atom stereocenters. The lowest BCUT2D eigenvalue weighted by Gasteiger charge is -2.11. The number of amides is 1. The molecule has 6 nitrogen and oxygen atoms in total. The van der Waals surface area contributed by atoms with Crippen molar-refractivity contribution in [2.24, 2.45) is 0 Å². The van der Waals surface area contributed by atoms with Crippen molar-refractivity contribution in [2.45, 2.75) is 13.0 Å². The summed E-state index contributed by atoms with van der Waals surface area (Å²) in [5.41, 5.74) is -0.337. The number of carbonyl (C=O) groups is 2. The molecule has 0 fully saturated rings. The fourth-order valence-electron chi connectivity index (χ4n) is 1.09. The average Bonchev–Trinajstić information content (AvgIpc) is 2.16. The lowest BCUT2D eigenvalue weighted by atomic mass is 10.1. The van der Waals surface area contributed by atoms with E-state index in [-0.39, 0.29) is 5.56 Å². The van der Waals surface area contributed by atoms with Crippen LogP contribution >= 0.6 is 0 Å². The third-order valence-corrected chi connectivity index (χ3v) is 1.97. The minimum absolute atomic E-state index is 0.337. The van der Waals surface area contributed by atoms with Gasteiger partial charge in [0, 0.05) is 0 Å². The van der Waals surface area contributed by atoms with E-state index in [9.17, 15) is 19.8 Å². The molecule has 0 aliphatic carbocycles. The molecule has 0 heterocycles. The number of aliphatic carboxylic acids is 1. The quantitative estimate of drug-likeness (QED) is 0.592. The molecule has 0 spiro atoms. The smallest absolute Gasteiger partial charge is 0.325 e. The molecule has 1 rings (SSSR count). The summed E-state index contributed by atoms with van der Waals surface area (Å²) in [5, 5.41) is 29.4. The highest BCUT2D eigenvalue weighted by molar-refractivity contribution is 6.01. The maximum absolute atomic E-state index is 11.5. The predicted octanol–water partition coefficient (Wildman–Crippen LogP) is 0.301. The Balaban J connectivity index is 2.93. The largest absolute Gasteiger partial charge is 0.507 e. The van der Waals surface area contributed by atoms with E-state index < -0.39 is 29.4 Å². The second kappa shape index (κ2) is 4.52. The van der Waals surface area contributed by atoms with Crippen molar-refractivity contribution in [3.63, 3.8) is 0 Å². The van der Waals surface area contributed by atoms with Crippen LogP contribution in [0.5, 0.6) is 11.5 Å². The van der Waals surface area contributed by atoms with Crippen molar-refractivity contribution in [2.75, 3.05) is 0 Å². The average molecular weight is 225 g/mol. The zero-order chi connectivity index (χ0) is 12.3. The molecule has 0 aliphatic heterocycles. The van der Waals surface area contributed by atoms with Crippen LogP contribution in [-0.4, -0.2) is 33.2 Å². The van der Waals surface area contributed by atoms with E-state index in [1.54, 1.807) is 0 Å². The van der Waals surface area contributed by atoms with Gasteiger partial charge in [-0.05, 0) is 19.1 Å². The van der Waals surface area contributed by atoms with Crippen LogP contribution in [0, 0.1) is 0 Å². The number of rotatable bonds is 3. The molecule has 0 aromatic heterocycles. The Kier molecular flexibility index (Phi) is 3.34. The van der Waals surface area contributed by atoms with Gasteiger partial charge in [0.1, 0.15) is 23.1 Å². The van der Waals surface area contributed by atoms with Gasteiger partial charge in [-0.25, -0.2) is 0 Å². The monoisotopic (exact) mass is 225 g/mol. The Morgan fingerprint density at radius 2 is 1.75 bits per heavy atom. The van der Waals surface area contributed by atoms with Crippen LogP contribution in [0.1, 0.15) is 17.3 Å². The van der Waals surface area contributed by atoms with Crippen molar-refractivity contribution in [1.29, 1.82) is 0 Å². The third-order valence-electron chi connectivity index (χ3n) is 1.97. The van der Waals surface area contributed by atoms with Crippen LogP contribution in [0.3, 0.4) is 0 Å². The zero-order valence-corrected chi connectivity index (χ0v) is 8.47. The minimum Gasteiger partial charge on any atom is -0.507 e. The summed E-state index contributed by atoms with van der Waals surface area (Å²) in [6.07, 6.45) is 0. The molecule has 1 aromatic rings. The maximum atomic E-state index is 11.5. The number of hydrogen-bond acceptors (Lipinski definition) is 4. The molecule has 6 heteroatoms. The topological polar surface area (TPSA) is 107 Å². The van der Waals surface area contributed by atoms with Crippen LogP contribution in [0.2, 0.25) is 0 Å². The number of carboxylic acid groups (broad SMARTS) is 1. The van der Waals surface area contributed by atoms with E-state index in [2.05, 4.69) is 5.32 Å². The van der Waals surface area contributed by atoms with Gasteiger partial charge < -0.3 is 20.6 Å². The van der Waals surface area contributed by atoms with Crippen LogP contribution in [0.15, 0.2) is 18.2 Å². The van der Waals surface area contributed by atoms with Gasteiger partial charge in [-0.1, -0.05) is 6.07 Å². The minimum atomic E-state index is -1.21. The molecule has 1 aromatic carbocycles. The van der Waals surface area contributed by atoms with Gasteiger partial charge in [-0.15, -0.1) is 0 Å². The van der Waals surface area contributed by atoms with Crippen LogP contribution in [0.4, 0.5) is 0 Å². The fraction of sp³-hybridized carbons (Fsp3) is 0.200. The highest BCUT2D eigenvalue weighted by Crippen LogP contribution is 2.25. The summed E-state index contributed by atoms with van der Waals surface area (Å²) in [4.78, 5) is 22.0. The Morgan fingerprint density at radius 1 is 1.25 bits per heavy atom. The zero-order valence-electron chi connectivity index (χ0n) is 8.47. The highest BCUT2D eigenvalue weighted by Gasteiger charge is 2.20. The summed E-state index contributed by atoms with van der Waals surface area (Å²) < 4.78 is 0. The maximum Gasteiger partial charge on any atom is 0.325 e. The molecule has 0 saturated carbocycles. The number of hydrogen-bond donors (Lipinski definition) is 4. The second-order valence-electron chi connectivity index (χ2n) is 3.20. The van der Waals surface area contributed by atoms with Crippen molar-refractivity contribution >= 4 is 11.9 Å². The molecule has 0 saturated heterocycles. The van der Waals surface area contributed by atoms with Gasteiger partial charge in [0.25, 0.3) is 5.91 Å². The molecule has 1 amide bonds. The normalized spacial score (nSPS) is 11.8. The summed E-state index contributed by atoms with van der Waals surface area (Å²) in [6.45, 7) is 1.28. The first-order chi connectivity index (χ1) is 7.43. The molecule has 4 N–H and O–H groups in total. The molecule has 0 aliphatic rings. The number of aromatic hydroxyl groups is 2. The molecule has 0 radical (unpaired) electrons. The Morgan fingerprint density at radius 3 is 2.19 bits per heavy atom. The summed E-state index contributed by atoms with van der Waals surface area (Å²) in [7, 11) is 0. The van der Waals surface area contributed by atoms with E-state index in [0.717, 1.165) is 0 Å². The van der Waals surface area contributed by atoms with Crippen LogP contribution in [0.25, 0.3) is 0 Å². The lowest BCUT2D eigenvalue weighted by molar-refractivity contribution is -0.138. The molecular formula is C10H11NO5. The van der Waals surface area contributed by atoms with Gasteiger partial charge in [-0.3, -0.25) is 9.59 Å². The van der Waals surface area contributed by atoms with Crippen molar-refractivity contribution in [1.82, 2.24) is 5.32 Å². The van der Waals surface area contributed by atoms with E-state index in [0.29, 0.717) is 0 Å². The van der Waals surface area contributed by atoms with E-state index in [1.807, 2.05) is 0 Å². The molecule has 86 valence electrons. The number of phenolic OH excluding ortho intramolecular Hbond substituents is 2. The van der Waals surface area contributed by atoms with Gasteiger partial charge in [0.15, 0.2) is 0 Å². The van der Waals surface area contributed by atoms with Crippen molar-refractivity contribution in [3.8, 4) is 11.5 Å². The van der Waals surface area contributed by atoms with Gasteiger partial charge in [0.05, 0.1) is 0 Å². The highest BCUT2D eigenvalue weighted by atomic mass is 16.4. The van der Waals surface area contributed by atoms with Gasteiger partial charge >= 0.3 is 5.97 Å². The first-order valence-electron chi connectivity index (χ1n) is 4.48. The van der Waals surface area contributed by atoms with Gasteiger partial charge in [-0.2, -0.15) is 0 Å². The first kappa shape index (κ1) is 11.8. The van der Waals surface area contributed by atoms with Crippen molar-refractivity contribution < 1.29 is 24.9 Å². The van der Waals surface area contributed by atoms with Gasteiger partial charge in [0.2, 0.25) is 0 Å². The Labute approximate surface area is 91.1 Å². The number of carboxylic acids is 1.